The molecule has 5 fully saturated rings. The minimum Gasteiger partial charge on any atom is -0.498 e. The van der Waals surface area contributed by atoms with Crippen molar-refractivity contribution in [1.82, 2.24) is 0 Å². The third-order valence-electron chi connectivity index (χ3n) is 11.1. The normalized spacial score (nSPS) is 20.5. The van der Waals surface area contributed by atoms with E-state index in [-0.39, 0.29) is 71.8 Å². The van der Waals surface area contributed by atoms with Crippen LogP contribution in [0.15, 0.2) is 60.7 Å². The Morgan fingerprint density at radius 3 is 1.60 bits per heavy atom. The molecule has 0 bridgehead atoms. The Morgan fingerprint density at radius 2 is 1.19 bits per heavy atom. The van der Waals surface area contributed by atoms with Crippen molar-refractivity contribution >= 4 is 53.4 Å². The van der Waals surface area contributed by atoms with Gasteiger partial charge in [-0.2, -0.15) is 0 Å². The van der Waals surface area contributed by atoms with Crippen molar-refractivity contribution in [3.05, 3.63) is 60.7 Å². The fourth-order valence-electron chi connectivity index (χ4n) is 5.89. The SMILES string of the molecule is C=C(C(C)C)[C@H]1CCC(=O)O1.C=C(C)SCCCC(=O)C(C)C.C=C(OCC1CCC(=O)O1)C(C)C.C=C(OCC1COC(=O)C1)C(C)C.C=C1CC(OC(=O)C(C)C)CO1.CC(C)C(=O)OC1CCOC1=O. The molecule has 416 valence electrons. The monoisotopic (exact) mass is 1050 g/mol. The third-order valence-corrected chi connectivity index (χ3v) is 12.0. The quantitative estimate of drug-likeness (QED) is 0.0366. The van der Waals surface area contributed by atoms with E-state index in [1.54, 1.807) is 25.6 Å². The summed E-state index contributed by atoms with van der Waals surface area (Å²) in [6.07, 6.45) is 5.09. The Balaban J connectivity index is 0.000000853. The molecular formula is C56H90O16S. The number of allylic oxidation sites excluding steroid dienone is 3. The van der Waals surface area contributed by atoms with E-state index in [1.165, 1.54) is 0 Å². The summed E-state index contributed by atoms with van der Waals surface area (Å²) in [4.78, 5) is 77.4. The second-order valence-corrected chi connectivity index (χ2v) is 21.5. The van der Waals surface area contributed by atoms with Crippen LogP contribution in [-0.2, 0) is 76.2 Å². The van der Waals surface area contributed by atoms with Gasteiger partial charge in [0.15, 0.2) is 0 Å². The van der Waals surface area contributed by atoms with Crippen molar-refractivity contribution in [2.24, 2.45) is 41.4 Å². The first kappa shape index (κ1) is 67.9. The summed E-state index contributed by atoms with van der Waals surface area (Å²) in [5, 5.41) is 0. The van der Waals surface area contributed by atoms with E-state index >= 15 is 0 Å². The van der Waals surface area contributed by atoms with Crippen LogP contribution >= 0.6 is 11.8 Å². The molecule has 0 aromatic rings. The van der Waals surface area contributed by atoms with Crippen LogP contribution in [-0.4, -0.2) is 105 Å². The Morgan fingerprint density at radius 1 is 0.630 bits per heavy atom. The van der Waals surface area contributed by atoms with Gasteiger partial charge < -0.3 is 42.6 Å². The second kappa shape index (κ2) is 36.8. The Kier molecular flexibility index (Phi) is 34.2. The molecule has 16 nitrogen and oxygen atoms in total. The molecule has 0 N–H and O–H groups in total. The molecule has 0 aromatic heterocycles. The van der Waals surface area contributed by atoms with Gasteiger partial charge in [-0.05, 0) is 48.3 Å². The van der Waals surface area contributed by atoms with Gasteiger partial charge in [0.2, 0.25) is 6.10 Å². The number of cyclic esters (lactones) is 4. The van der Waals surface area contributed by atoms with Crippen LogP contribution in [0.3, 0.4) is 0 Å². The molecule has 4 unspecified atom stereocenters. The number of rotatable bonds is 20. The molecule has 5 atom stereocenters. The van der Waals surface area contributed by atoms with Crippen molar-refractivity contribution in [3.8, 4) is 0 Å². The van der Waals surface area contributed by atoms with Gasteiger partial charge in [0, 0.05) is 55.8 Å². The zero-order chi connectivity index (χ0) is 56.0. The van der Waals surface area contributed by atoms with Crippen molar-refractivity contribution in [3.63, 3.8) is 0 Å². The van der Waals surface area contributed by atoms with Crippen LogP contribution in [0.1, 0.15) is 148 Å². The lowest BCUT2D eigenvalue weighted by molar-refractivity contribution is -0.162. The maximum atomic E-state index is 11.2. The molecule has 0 amide bonds. The van der Waals surface area contributed by atoms with E-state index < -0.39 is 12.1 Å². The predicted octanol–water partition coefficient (Wildman–Crippen LogP) is 10.8. The average Bonchev–Trinajstić information content (AvgIpc) is 4.19. The molecule has 0 aromatic carbocycles. The van der Waals surface area contributed by atoms with E-state index in [0.29, 0.717) is 94.4 Å². The highest BCUT2D eigenvalue weighted by Crippen LogP contribution is 2.25. The molecule has 5 aliphatic heterocycles. The fourth-order valence-corrected chi connectivity index (χ4v) is 6.53. The van der Waals surface area contributed by atoms with Gasteiger partial charge in [0.05, 0.1) is 55.4 Å². The maximum absolute atomic E-state index is 11.2. The van der Waals surface area contributed by atoms with Gasteiger partial charge in [-0.25, -0.2) is 4.79 Å². The summed E-state index contributed by atoms with van der Waals surface area (Å²) >= 11 is 1.74. The van der Waals surface area contributed by atoms with Gasteiger partial charge in [-0.3, -0.25) is 28.8 Å². The van der Waals surface area contributed by atoms with Crippen molar-refractivity contribution < 1.29 is 76.2 Å². The highest BCUT2D eigenvalue weighted by molar-refractivity contribution is 8.03. The van der Waals surface area contributed by atoms with Gasteiger partial charge in [0.25, 0.3) is 0 Å². The van der Waals surface area contributed by atoms with Crippen LogP contribution < -0.4 is 0 Å². The van der Waals surface area contributed by atoms with E-state index in [9.17, 15) is 33.6 Å². The summed E-state index contributed by atoms with van der Waals surface area (Å²) in [5.41, 5.74) is 1.04. The number of carbonyl (C=O) groups excluding carboxylic acids is 7. The molecule has 17 heteroatoms. The Labute approximate surface area is 441 Å². The molecule has 5 rings (SSSR count). The maximum Gasteiger partial charge on any atom is 0.347 e. The lowest BCUT2D eigenvalue weighted by atomic mass is 9.98. The van der Waals surface area contributed by atoms with Gasteiger partial charge in [-0.1, -0.05) is 116 Å². The molecule has 0 radical (unpaired) electrons. The van der Waals surface area contributed by atoms with Crippen LogP contribution in [0.2, 0.25) is 0 Å². The molecular weight excluding hydrogens is 961 g/mol. The number of Topliss-reactive ketones (excluding diaryl/α,β-unsaturated/α-hetero) is 1. The van der Waals surface area contributed by atoms with Crippen molar-refractivity contribution in [2.45, 2.75) is 172 Å². The summed E-state index contributed by atoms with van der Waals surface area (Å²) in [5.74, 6) is 3.55. The average molecular weight is 1050 g/mol. The highest BCUT2D eigenvalue weighted by Gasteiger charge is 2.31. The van der Waals surface area contributed by atoms with Crippen LogP contribution in [0.25, 0.3) is 0 Å². The van der Waals surface area contributed by atoms with Crippen molar-refractivity contribution in [1.29, 1.82) is 0 Å². The summed E-state index contributed by atoms with van der Waals surface area (Å²) in [6, 6.07) is 0. The number of ketones is 1. The first-order valence-electron chi connectivity index (χ1n) is 25.6. The van der Waals surface area contributed by atoms with Gasteiger partial charge in [0.1, 0.15) is 37.3 Å². The molecule has 0 saturated carbocycles. The van der Waals surface area contributed by atoms with E-state index in [4.69, 9.17) is 37.9 Å². The van der Waals surface area contributed by atoms with Gasteiger partial charge >= 0.3 is 35.8 Å². The largest absolute Gasteiger partial charge is 0.498 e. The molecule has 0 aliphatic carbocycles. The number of hydrogen-bond donors (Lipinski definition) is 0. The summed E-state index contributed by atoms with van der Waals surface area (Å²) in [6.45, 7) is 46.4. The number of carbonyl (C=O) groups is 7. The third kappa shape index (κ3) is 32.0. The number of thioether (sulfide) groups is 1. The highest BCUT2D eigenvalue weighted by atomic mass is 32.2. The number of hydrogen-bond acceptors (Lipinski definition) is 17. The lowest BCUT2D eigenvalue weighted by Gasteiger charge is -2.15. The first-order valence-corrected chi connectivity index (χ1v) is 26.6. The van der Waals surface area contributed by atoms with Crippen LogP contribution in [0.4, 0.5) is 0 Å². The fraction of sp³-hybridized carbons (Fsp3) is 0.696. The zero-order valence-electron chi connectivity index (χ0n) is 46.4. The molecule has 5 saturated heterocycles. The second-order valence-electron chi connectivity index (χ2n) is 20.1. The van der Waals surface area contributed by atoms with Crippen molar-refractivity contribution in [2.75, 3.05) is 38.8 Å². The molecule has 73 heavy (non-hydrogen) atoms. The molecule has 0 spiro atoms. The van der Waals surface area contributed by atoms with Crippen LogP contribution in [0, 0.1) is 41.4 Å². The number of ether oxygens (including phenoxy) is 9. The molecule has 5 aliphatic rings. The Hall–Kier alpha value is -5.06. The van der Waals surface area contributed by atoms with E-state index in [0.717, 1.165) is 53.4 Å². The summed E-state index contributed by atoms with van der Waals surface area (Å²) < 4.78 is 45.3. The standard InChI is InChI=1S/2C10H16O3.C10H18OS.C9H14O3.C9H14O2.C8H12O4/c1-7(2)8(3)12-5-9-4-10(11)13-6-9;1-7(2)8(3)12-6-9-4-5-10(11)13-9;1-8(2)10(11)6-5-7-12-9(3)4;1-6(2)9(10)12-8-4-7(3)11-5-8;1-6(2)7(3)8-4-5-9(10)11-8;1-5(2)7(9)12-6-3-4-11-8(6)10/h2*7,9H,3-6H2,1-2H3;8H,3,5-7H2,1-2,4H3;6,8H,3-5H2,1-2H3;6,8H,3-5H2,1-2H3;5-6H,3-4H2,1-2H3/t;;;;8-;/m....1./s1. The first-order chi connectivity index (χ1) is 34.0. The minimum absolute atomic E-state index is 0.0116. The smallest absolute Gasteiger partial charge is 0.347 e. The predicted molar refractivity (Wildman–Crippen MR) is 282 cm³/mol. The number of esters is 6. The zero-order valence-corrected chi connectivity index (χ0v) is 47.2. The summed E-state index contributed by atoms with van der Waals surface area (Å²) in [7, 11) is 0. The molecule has 5 heterocycles. The lowest BCUT2D eigenvalue weighted by Crippen LogP contribution is -2.25. The van der Waals surface area contributed by atoms with E-state index in [1.807, 2.05) is 62.3 Å². The van der Waals surface area contributed by atoms with Crippen LogP contribution in [0.5, 0.6) is 0 Å². The Bertz CT molecular complexity index is 1780. The van der Waals surface area contributed by atoms with Gasteiger partial charge in [-0.15, -0.1) is 11.8 Å². The topological polar surface area (TPSA) is 203 Å². The minimum atomic E-state index is -0.667. The van der Waals surface area contributed by atoms with E-state index in [2.05, 4.69) is 51.5 Å².